The van der Waals surface area contributed by atoms with Crippen molar-refractivity contribution in [3.63, 3.8) is 0 Å². The first-order chi connectivity index (χ1) is 7.54. The summed E-state index contributed by atoms with van der Waals surface area (Å²) in [5.74, 6) is -0.549. The van der Waals surface area contributed by atoms with Gasteiger partial charge in [-0.1, -0.05) is 13.3 Å². The van der Waals surface area contributed by atoms with Gasteiger partial charge in [0.1, 0.15) is 5.82 Å². The summed E-state index contributed by atoms with van der Waals surface area (Å²) in [7, 11) is 0. The third kappa shape index (κ3) is 3.71. The van der Waals surface area contributed by atoms with Crippen molar-refractivity contribution in [2.45, 2.75) is 25.8 Å². The topological polar surface area (TPSA) is 55.1 Å². The third-order valence-corrected chi connectivity index (χ3v) is 3.02. The van der Waals surface area contributed by atoms with Crippen LogP contribution in [0.25, 0.3) is 0 Å². The quantitative estimate of drug-likeness (QED) is 0.830. The SMILES string of the molecule is CCCC(N)C(=O)Nc1ccc(F)cc1I. The number of amides is 1. The van der Waals surface area contributed by atoms with Crippen LogP contribution in [0.15, 0.2) is 18.2 Å². The van der Waals surface area contributed by atoms with Gasteiger partial charge in [0.2, 0.25) is 5.91 Å². The largest absolute Gasteiger partial charge is 0.324 e. The molecule has 1 amide bonds. The number of anilines is 1. The highest BCUT2D eigenvalue weighted by Gasteiger charge is 2.13. The Hall–Kier alpha value is -0.690. The number of rotatable bonds is 4. The van der Waals surface area contributed by atoms with Crippen molar-refractivity contribution >= 4 is 34.2 Å². The lowest BCUT2D eigenvalue weighted by atomic mass is 10.1. The van der Waals surface area contributed by atoms with Crippen molar-refractivity contribution in [2.24, 2.45) is 5.73 Å². The van der Waals surface area contributed by atoms with Gasteiger partial charge >= 0.3 is 0 Å². The molecule has 0 aliphatic carbocycles. The van der Waals surface area contributed by atoms with E-state index in [2.05, 4.69) is 5.32 Å². The Morgan fingerprint density at radius 2 is 2.31 bits per heavy atom. The second-order valence-corrected chi connectivity index (χ2v) is 4.67. The number of nitrogens with two attached hydrogens (primary N) is 1. The maximum absolute atomic E-state index is 12.8. The summed E-state index contributed by atoms with van der Waals surface area (Å²) in [5.41, 5.74) is 6.26. The van der Waals surface area contributed by atoms with Gasteiger partial charge in [0, 0.05) is 3.57 Å². The molecule has 16 heavy (non-hydrogen) atoms. The zero-order chi connectivity index (χ0) is 12.1. The molecule has 1 rings (SSSR count). The Labute approximate surface area is 108 Å². The molecule has 1 aromatic carbocycles. The zero-order valence-corrected chi connectivity index (χ0v) is 11.1. The van der Waals surface area contributed by atoms with Crippen LogP contribution in [-0.4, -0.2) is 11.9 Å². The van der Waals surface area contributed by atoms with Gasteiger partial charge in [-0.3, -0.25) is 4.79 Å². The minimum absolute atomic E-state index is 0.230. The van der Waals surface area contributed by atoms with E-state index in [9.17, 15) is 9.18 Å². The summed E-state index contributed by atoms with van der Waals surface area (Å²) in [6, 6.07) is 3.70. The van der Waals surface area contributed by atoms with Gasteiger partial charge < -0.3 is 11.1 Å². The molecule has 0 aliphatic rings. The van der Waals surface area contributed by atoms with Crippen molar-refractivity contribution in [2.75, 3.05) is 5.32 Å². The number of carbonyl (C=O) groups excluding carboxylic acids is 1. The Morgan fingerprint density at radius 1 is 1.62 bits per heavy atom. The molecule has 0 aliphatic heterocycles. The first-order valence-electron chi connectivity index (χ1n) is 5.06. The second-order valence-electron chi connectivity index (χ2n) is 3.51. The fraction of sp³-hybridized carbons (Fsp3) is 0.364. The smallest absolute Gasteiger partial charge is 0.241 e. The van der Waals surface area contributed by atoms with Gasteiger partial charge in [0.05, 0.1) is 11.7 Å². The minimum Gasteiger partial charge on any atom is -0.324 e. The third-order valence-electron chi connectivity index (χ3n) is 2.13. The molecule has 0 saturated carbocycles. The number of benzene rings is 1. The van der Waals surface area contributed by atoms with Crippen LogP contribution in [0.1, 0.15) is 19.8 Å². The van der Waals surface area contributed by atoms with E-state index >= 15 is 0 Å². The highest BCUT2D eigenvalue weighted by molar-refractivity contribution is 14.1. The maximum atomic E-state index is 12.8. The summed E-state index contributed by atoms with van der Waals surface area (Å²) in [4.78, 5) is 11.6. The van der Waals surface area contributed by atoms with Gasteiger partial charge in [-0.05, 0) is 47.2 Å². The van der Waals surface area contributed by atoms with E-state index in [-0.39, 0.29) is 11.7 Å². The van der Waals surface area contributed by atoms with E-state index in [1.54, 1.807) is 0 Å². The van der Waals surface area contributed by atoms with E-state index in [1.165, 1.54) is 18.2 Å². The molecule has 0 fully saturated rings. The minimum atomic E-state index is -0.508. The standard InChI is InChI=1S/C11H14FIN2O/c1-2-3-9(14)11(16)15-10-5-4-7(12)6-8(10)13/h4-6,9H,2-3,14H2,1H3,(H,15,16). The molecule has 0 aromatic heterocycles. The lowest BCUT2D eigenvalue weighted by molar-refractivity contribution is -0.117. The number of hydrogen-bond donors (Lipinski definition) is 2. The first-order valence-corrected chi connectivity index (χ1v) is 6.14. The van der Waals surface area contributed by atoms with Crippen molar-refractivity contribution in [3.8, 4) is 0 Å². The van der Waals surface area contributed by atoms with E-state index in [4.69, 9.17) is 5.73 Å². The lowest BCUT2D eigenvalue weighted by Crippen LogP contribution is -2.35. The highest BCUT2D eigenvalue weighted by atomic mass is 127. The molecule has 0 spiro atoms. The number of hydrogen-bond acceptors (Lipinski definition) is 2. The second kappa shape index (κ2) is 6.15. The summed E-state index contributed by atoms with van der Waals surface area (Å²) in [5, 5.41) is 2.68. The molecule has 88 valence electrons. The van der Waals surface area contributed by atoms with Crippen LogP contribution in [0.5, 0.6) is 0 Å². The van der Waals surface area contributed by atoms with Crippen molar-refractivity contribution in [1.29, 1.82) is 0 Å². The van der Waals surface area contributed by atoms with Gasteiger partial charge in [-0.25, -0.2) is 4.39 Å². The fourth-order valence-corrected chi connectivity index (χ4v) is 1.87. The monoisotopic (exact) mass is 336 g/mol. The predicted octanol–water partition coefficient (Wildman–Crippen LogP) is 2.50. The van der Waals surface area contributed by atoms with Gasteiger partial charge in [-0.2, -0.15) is 0 Å². The number of halogens is 2. The lowest BCUT2D eigenvalue weighted by Gasteiger charge is -2.12. The Bertz CT molecular complexity index is 384. The van der Waals surface area contributed by atoms with Crippen LogP contribution < -0.4 is 11.1 Å². The molecule has 3 nitrogen and oxygen atoms in total. The molecular formula is C11H14FIN2O. The van der Waals surface area contributed by atoms with Crippen LogP contribution in [0, 0.1) is 9.39 Å². The molecule has 0 radical (unpaired) electrons. The molecule has 0 saturated heterocycles. The predicted molar refractivity (Wildman–Crippen MR) is 70.6 cm³/mol. The summed E-state index contributed by atoms with van der Waals surface area (Å²) >= 11 is 1.97. The number of carbonyl (C=O) groups is 1. The molecule has 0 bridgehead atoms. The van der Waals surface area contributed by atoms with Crippen LogP contribution in [0.2, 0.25) is 0 Å². The Morgan fingerprint density at radius 3 is 2.88 bits per heavy atom. The fourth-order valence-electron chi connectivity index (χ4n) is 1.26. The van der Waals surface area contributed by atoms with E-state index in [0.717, 1.165) is 6.42 Å². The average Bonchev–Trinajstić information content (AvgIpc) is 2.22. The van der Waals surface area contributed by atoms with E-state index in [1.807, 2.05) is 29.5 Å². The normalized spacial score (nSPS) is 12.2. The van der Waals surface area contributed by atoms with Crippen molar-refractivity contribution in [3.05, 3.63) is 27.6 Å². The molecule has 1 aromatic rings. The summed E-state index contributed by atoms with van der Waals surface area (Å²) < 4.78 is 13.5. The summed E-state index contributed by atoms with van der Waals surface area (Å²) in [6.45, 7) is 1.97. The number of nitrogens with one attached hydrogen (secondary N) is 1. The van der Waals surface area contributed by atoms with Gasteiger partial charge in [0.25, 0.3) is 0 Å². The Balaban J connectivity index is 2.69. The highest BCUT2D eigenvalue weighted by Crippen LogP contribution is 2.19. The zero-order valence-electron chi connectivity index (χ0n) is 8.97. The van der Waals surface area contributed by atoms with Crippen LogP contribution in [-0.2, 0) is 4.79 Å². The Kier molecular flexibility index (Phi) is 5.14. The van der Waals surface area contributed by atoms with Gasteiger partial charge in [-0.15, -0.1) is 0 Å². The van der Waals surface area contributed by atoms with Crippen molar-refractivity contribution < 1.29 is 9.18 Å². The molecule has 3 N–H and O–H groups in total. The molecule has 0 heterocycles. The van der Waals surface area contributed by atoms with Crippen molar-refractivity contribution in [1.82, 2.24) is 0 Å². The van der Waals surface area contributed by atoms with Gasteiger partial charge in [0.15, 0.2) is 0 Å². The molecule has 1 unspecified atom stereocenters. The molecule has 1 atom stereocenters. The average molecular weight is 336 g/mol. The van der Waals surface area contributed by atoms with E-state index < -0.39 is 6.04 Å². The maximum Gasteiger partial charge on any atom is 0.241 e. The summed E-state index contributed by atoms with van der Waals surface area (Å²) in [6.07, 6.45) is 1.50. The molecule has 5 heteroatoms. The van der Waals surface area contributed by atoms with Crippen LogP contribution >= 0.6 is 22.6 Å². The van der Waals surface area contributed by atoms with Crippen LogP contribution in [0.4, 0.5) is 10.1 Å². The van der Waals surface area contributed by atoms with Crippen LogP contribution in [0.3, 0.4) is 0 Å². The first kappa shape index (κ1) is 13.4. The van der Waals surface area contributed by atoms with E-state index in [0.29, 0.717) is 15.7 Å². The molecular weight excluding hydrogens is 322 g/mol.